The number of halogens is 1. The van der Waals surface area contributed by atoms with Gasteiger partial charge in [0.25, 0.3) is 10.1 Å². The largest absolute Gasteiger partial charge is 0.748 e. The van der Waals surface area contributed by atoms with E-state index in [0.717, 1.165) is 78.7 Å². The molecule has 0 radical (unpaired) electrons. The summed E-state index contributed by atoms with van der Waals surface area (Å²) in [6.07, 6.45) is 11.8. The Balaban J connectivity index is 1.21. The van der Waals surface area contributed by atoms with Crippen LogP contribution in [0.4, 0.5) is 5.69 Å². The lowest BCUT2D eigenvalue weighted by molar-refractivity contribution is -0.436. The van der Waals surface area contributed by atoms with Crippen molar-refractivity contribution in [2.24, 2.45) is 0 Å². The fraction of sp³-hybridized carbons (Fsp3) is 0.256. The van der Waals surface area contributed by atoms with Gasteiger partial charge in [-0.1, -0.05) is 78.4 Å². The molecule has 0 saturated heterocycles. The molecule has 0 amide bonds. The van der Waals surface area contributed by atoms with E-state index in [1.54, 1.807) is 0 Å². The van der Waals surface area contributed by atoms with Crippen LogP contribution in [0.3, 0.4) is 0 Å². The number of nitrogens with zero attached hydrogens (tertiary/aromatic N) is 2. The predicted octanol–water partition coefficient (Wildman–Crippen LogP) is 7.36. The average molecular weight is 729 g/mol. The summed E-state index contributed by atoms with van der Waals surface area (Å²) in [6.45, 7) is 1.18. The summed E-state index contributed by atoms with van der Waals surface area (Å²) >= 11 is 7.05. The highest BCUT2D eigenvalue weighted by atomic mass is 35.5. The lowest BCUT2D eigenvalue weighted by atomic mass is 10.0. The maximum absolute atomic E-state index is 11.3. The van der Waals surface area contributed by atoms with Crippen LogP contribution in [0.2, 0.25) is 0 Å². The summed E-state index contributed by atoms with van der Waals surface area (Å²) in [4.78, 5) is 0. The minimum absolute atomic E-state index is 0.262. The highest BCUT2D eigenvalue weighted by Gasteiger charge is 2.30. The Morgan fingerprint density at radius 1 is 0.800 bits per heavy atom. The quantitative estimate of drug-likeness (QED) is 0.0769. The van der Waals surface area contributed by atoms with Gasteiger partial charge >= 0.3 is 0 Å². The van der Waals surface area contributed by atoms with Gasteiger partial charge < -0.3 is 9.12 Å². The fourth-order valence-corrected chi connectivity index (χ4v) is 8.82. The molecule has 4 aromatic carbocycles. The third kappa shape index (κ3) is 7.08. The fourth-order valence-electron chi connectivity index (χ4n) is 7.38. The van der Waals surface area contributed by atoms with Gasteiger partial charge in [-0.05, 0) is 72.2 Å². The van der Waals surface area contributed by atoms with Crippen molar-refractivity contribution in [2.75, 3.05) is 18.1 Å². The van der Waals surface area contributed by atoms with Crippen molar-refractivity contribution in [3.05, 3.63) is 118 Å². The molecule has 1 aliphatic carbocycles. The van der Waals surface area contributed by atoms with E-state index in [2.05, 4.69) is 82.0 Å². The first-order valence-corrected chi connectivity index (χ1v) is 20.4. The number of hydrogen-bond donors (Lipinski definition) is 1. The van der Waals surface area contributed by atoms with E-state index in [9.17, 15) is 25.9 Å². The number of unbranched alkanes of at least 4 members (excludes halogenated alkanes) is 2. The highest BCUT2D eigenvalue weighted by molar-refractivity contribution is 7.85. The molecule has 0 atom stereocenters. The van der Waals surface area contributed by atoms with Crippen LogP contribution in [0.25, 0.3) is 38.5 Å². The molecule has 0 spiro atoms. The van der Waals surface area contributed by atoms with Crippen molar-refractivity contribution in [2.45, 2.75) is 45.1 Å². The first-order valence-electron chi connectivity index (χ1n) is 16.8. The Kier molecular flexibility index (Phi) is 9.58. The molecule has 1 aromatic heterocycles. The monoisotopic (exact) mass is 728 g/mol. The highest BCUT2D eigenvalue weighted by Crippen LogP contribution is 2.38. The maximum Gasteiger partial charge on any atom is 0.264 e. The second-order valence-electron chi connectivity index (χ2n) is 12.9. The number of benzene rings is 4. The number of rotatable bonds is 13. The van der Waals surface area contributed by atoms with Gasteiger partial charge in [0, 0.05) is 57.5 Å². The van der Waals surface area contributed by atoms with Crippen LogP contribution in [0.15, 0.2) is 107 Å². The van der Waals surface area contributed by atoms with Gasteiger partial charge in [0.05, 0.1) is 26.8 Å². The van der Waals surface area contributed by atoms with Crippen LogP contribution in [0.1, 0.15) is 44.1 Å². The zero-order valence-electron chi connectivity index (χ0n) is 27.4. The Morgan fingerprint density at radius 3 is 2.26 bits per heavy atom. The minimum atomic E-state index is -4.26. The molecule has 258 valence electrons. The smallest absolute Gasteiger partial charge is 0.264 e. The average Bonchev–Trinajstić information content (AvgIpc) is 3.69. The van der Waals surface area contributed by atoms with Crippen molar-refractivity contribution >= 4 is 81.8 Å². The van der Waals surface area contributed by atoms with E-state index in [1.807, 2.05) is 24.3 Å². The van der Waals surface area contributed by atoms with Crippen LogP contribution in [0.5, 0.6) is 0 Å². The van der Waals surface area contributed by atoms with Crippen LogP contribution in [-0.4, -0.2) is 58.8 Å². The van der Waals surface area contributed by atoms with Crippen molar-refractivity contribution in [1.82, 2.24) is 4.57 Å². The zero-order chi connectivity index (χ0) is 35.0. The summed E-state index contributed by atoms with van der Waals surface area (Å²) in [5, 5.41) is 7.41. The molecule has 2 aliphatic rings. The molecule has 11 heteroatoms. The Bertz CT molecular complexity index is 2550. The van der Waals surface area contributed by atoms with E-state index in [0.29, 0.717) is 43.8 Å². The number of allylic oxidation sites excluding steroid dienone is 6. The molecule has 1 aliphatic heterocycles. The van der Waals surface area contributed by atoms with Crippen molar-refractivity contribution in [3.63, 3.8) is 0 Å². The number of aromatic nitrogens is 1. The second kappa shape index (κ2) is 13.9. The van der Waals surface area contributed by atoms with Crippen LogP contribution < -0.4 is 5.35 Å². The third-order valence-electron chi connectivity index (χ3n) is 9.65. The molecule has 2 heterocycles. The molecule has 50 heavy (non-hydrogen) atoms. The van der Waals surface area contributed by atoms with Crippen molar-refractivity contribution in [1.29, 1.82) is 0 Å². The summed E-state index contributed by atoms with van der Waals surface area (Å²) in [5.41, 5.74) is 6.35. The number of hydrogen-bond acceptors (Lipinski definition) is 5. The molecule has 0 fully saturated rings. The van der Waals surface area contributed by atoms with Crippen molar-refractivity contribution in [3.8, 4) is 0 Å². The van der Waals surface area contributed by atoms with Gasteiger partial charge in [-0.15, -0.1) is 0 Å². The van der Waals surface area contributed by atoms with E-state index >= 15 is 0 Å². The normalized spacial score (nSPS) is 16.6. The van der Waals surface area contributed by atoms with Crippen molar-refractivity contribution < 1.29 is 30.5 Å². The van der Waals surface area contributed by atoms with E-state index in [1.165, 1.54) is 0 Å². The molecule has 1 N–H and O–H groups in total. The molecule has 7 rings (SSSR count). The first-order chi connectivity index (χ1) is 24.0. The van der Waals surface area contributed by atoms with Crippen LogP contribution in [-0.2, 0) is 26.8 Å². The Hall–Kier alpha value is -4.06. The molecular weight excluding hydrogens is 692 g/mol. The van der Waals surface area contributed by atoms with E-state index < -0.39 is 20.2 Å². The van der Waals surface area contributed by atoms with Gasteiger partial charge in [0.15, 0.2) is 0 Å². The predicted molar refractivity (Wildman–Crippen MR) is 201 cm³/mol. The van der Waals surface area contributed by atoms with Crippen LogP contribution in [0, 0.1) is 0 Å². The minimum Gasteiger partial charge on any atom is -0.748 e. The topological polar surface area (TPSA) is 120 Å². The molecule has 0 saturated carbocycles. The zero-order valence-corrected chi connectivity index (χ0v) is 29.8. The van der Waals surface area contributed by atoms with E-state index in [4.69, 9.17) is 11.6 Å². The third-order valence-corrected chi connectivity index (χ3v) is 11.7. The Morgan fingerprint density at radius 2 is 1.50 bits per heavy atom. The maximum atomic E-state index is 11.3. The molecular formula is C39H37ClN2O6S2. The van der Waals surface area contributed by atoms with Gasteiger partial charge in [-0.2, -0.15) is 13.0 Å². The van der Waals surface area contributed by atoms with E-state index in [-0.39, 0.29) is 11.5 Å². The molecule has 8 nitrogen and oxygen atoms in total. The summed E-state index contributed by atoms with van der Waals surface area (Å²) in [7, 11) is -8.27. The van der Waals surface area contributed by atoms with Gasteiger partial charge in [-0.25, -0.2) is 8.42 Å². The van der Waals surface area contributed by atoms with Gasteiger partial charge in [0.1, 0.15) is 6.54 Å². The lowest BCUT2D eigenvalue weighted by Crippen LogP contribution is -2.17. The summed E-state index contributed by atoms with van der Waals surface area (Å²) in [5.74, 6) is -0.633. The second-order valence-corrected chi connectivity index (χ2v) is 16.4. The molecule has 0 bridgehead atoms. The molecule has 5 aromatic rings. The summed E-state index contributed by atoms with van der Waals surface area (Å²) in [6, 6.07) is 24.9. The first kappa shape index (κ1) is 34.4. The standard InChI is InChI=1S/C39H37ClN2O6S2/c40-39-29(19-21-33-31-13-5-9-27-11-7-15-35(37(27)31)41(33)23-1-3-25-49(43,44)45)17-18-30(39)20-22-34-32-14-6-10-28-12-8-16-36(38(28)32)42(34)24-2-4-26-50(46,47)48/h5-16,19-22H,1-4,17-18,23-26H2,(H-,43,44,45,46,47,48). The summed E-state index contributed by atoms with van der Waals surface area (Å²) < 4.78 is 69.9. The SMILES string of the molecule is O=S(=O)([O-])CCCCn1/c(=C/C=C2\CCC(/C=C/C3=[N+](CCCCS(=O)(=O)O)c4cccc5cccc3c45)=C2Cl)c2cccc3cccc1c32. The molecule has 0 unspecified atom stereocenters. The lowest BCUT2D eigenvalue weighted by Gasteiger charge is -2.09. The van der Waals surface area contributed by atoms with Crippen LogP contribution >= 0.6 is 11.6 Å². The van der Waals surface area contributed by atoms with Gasteiger partial charge in [0.2, 0.25) is 11.4 Å². The Labute approximate surface area is 296 Å². The number of aryl methyl sites for hydroxylation is 1. The van der Waals surface area contributed by atoms with Gasteiger partial charge in [-0.3, -0.25) is 4.55 Å².